The molecule has 0 bridgehead atoms. The Morgan fingerprint density at radius 3 is 2.54 bits per heavy atom. The van der Waals surface area contributed by atoms with E-state index >= 15 is 0 Å². The summed E-state index contributed by atoms with van der Waals surface area (Å²) in [7, 11) is 0. The molecule has 0 fully saturated rings. The lowest BCUT2D eigenvalue weighted by atomic mass is 9.77. The second kappa shape index (κ2) is 8.39. The third kappa shape index (κ3) is 4.09. The molecule has 3 rings (SSSR count). The summed E-state index contributed by atoms with van der Waals surface area (Å²) in [6.07, 6.45) is 4.97. The monoisotopic (exact) mass is 382 g/mol. The largest absolute Gasteiger partial charge is 0.239 e. The highest BCUT2D eigenvalue weighted by Crippen LogP contribution is 2.32. The lowest BCUT2D eigenvalue weighted by Gasteiger charge is -2.27. The molecule has 0 saturated carbocycles. The molecule has 0 spiro atoms. The highest BCUT2D eigenvalue weighted by molar-refractivity contribution is 7.98. The zero-order valence-corrected chi connectivity index (χ0v) is 16.0. The average molecular weight is 383 g/mol. The molecule has 0 aliphatic heterocycles. The Morgan fingerprint density at radius 1 is 1.15 bits per heavy atom. The number of halogens is 1. The first-order valence-electron chi connectivity index (χ1n) is 8.30. The van der Waals surface area contributed by atoms with Crippen LogP contribution in [0.1, 0.15) is 17.5 Å². The van der Waals surface area contributed by atoms with Crippen LogP contribution in [-0.4, -0.2) is 21.0 Å². The fourth-order valence-corrected chi connectivity index (χ4v) is 3.61. The highest BCUT2D eigenvalue weighted by Gasteiger charge is 2.34. The SMILES string of the molecule is CSc1ncnn1CC(C#N)(CCc1ccc(Cl)cc1)c1ccccc1. The molecule has 0 radical (unpaired) electrons. The molecule has 0 N–H and O–H groups in total. The third-order valence-electron chi connectivity index (χ3n) is 4.48. The van der Waals surface area contributed by atoms with Gasteiger partial charge in [-0.15, -0.1) is 0 Å². The normalized spacial score (nSPS) is 13.1. The van der Waals surface area contributed by atoms with Crippen LogP contribution in [0.4, 0.5) is 0 Å². The zero-order chi connectivity index (χ0) is 18.4. The van der Waals surface area contributed by atoms with Gasteiger partial charge in [0.25, 0.3) is 0 Å². The van der Waals surface area contributed by atoms with Crippen LogP contribution in [0.2, 0.25) is 5.02 Å². The molecule has 0 saturated heterocycles. The van der Waals surface area contributed by atoms with Crippen LogP contribution in [0.3, 0.4) is 0 Å². The third-order valence-corrected chi connectivity index (χ3v) is 5.41. The molecule has 1 atom stereocenters. The molecule has 6 heteroatoms. The molecule has 0 aliphatic carbocycles. The smallest absolute Gasteiger partial charge is 0.185 e. The summed E-state index contributed by atoms with van der Waals surface area (Å²) < 4.78 is 1.82. The van der Waals surface area contributed by atoms with Gasteiger partial charge in [0.05, 0.1) is 12.6 Å². The fraction of sp³-hybridized carbons (Fsp3) is 0.250. The minimum Gasteiger partial charge on any atom is -0.239 e. The van der Waals surface area contributed by atoms with Gasteiger partial charge in [0.15, 0.2) is 5.16 Å². The number of aromatic nitrogens is 3. The van der Waals surface area contributed by atoms with Gasteiger partial charge in [-0.05, 0) is 42.4 Å². The van der Waals surface area contributed by atoms with Gasteiger partial charge in [0, 0.05) is 5.02 Å². The first kappa shape index (κ1) is 18.5. The Bertz CT molecular complexity index is 886. The van der Waals surface area contributed by atoms with Gasteiger partial charge in [0.1, 0.15) is 11.7 Å². The summed E-state index contributed by atoms with van der Waals surface area (Å²) in [5.41, 5.74) is 1.48. The van der Waals surface area contributed by atoms with Crippen LogP contribution in [0, 0.1) is 11.3 Å². The molecule has 0 amide bonds. The highest BCUT2D eigenvalue weighted by atomic mass is 35.5. The standard InChI is InChI=1S/C20H19ClN4S/c1-26-19-23-15-24-25(19)14-20(13-22,17-5-3-2-4-6-17)12-11-16-7-9-18(21)10-8-16/h2-10,15H,11-12,14H2,1H3. The lowest BCUT2D eigenvalue weighted by molar-refractivity contribution is 0.383. The maximum Gasteiger partial charge on any atom is 0.185 e. The molecule has 132 valence electrons. The Hall–Kier alpha value is -2.29. The molecular weight excluding hydrogens is 364 g/mol. The topological polar surface area (TPSA) is 54.5 Å². The second-order valence-corrected chi connectivity index (χ2v) is 7.30. The molecule has 26 heavy (non-hydrogen) atoms. The Morgan fingerprint density at radius 2 is 1.88 bits per heavy atom. The van der Waals surface area contributed by atoms with Crippen molar-refractivity contribution in [3.8, 4) is 6.07 Å². The van der Waals surface area contributed by atoms with E-state index in [0.717, 1.165) is 27.7 Å². The van der Waals surface area contributed by atoms with Gasteiger partial charge in [-0.2, -0.15) is 10.4 Å². The van der Waals surface area contributed by atoms with E-state index in [4.69, 9.17) is 11.6 Å². The van der Waals surface area contributed by atoms with Crippen LogP contribution in [-0.2, 0) is 18.4 Å². The van der Waals surface area contributed by atoms with Crippen molar-refractivity contribution in [2.45, 2.75) is 30.0 Å². The lowest BCUT2D eigenvalue weighted by Crippen LogP contribution is -2.31. The van der Waals surface area contributed by atoms with Crippen LogP contribution < -0.4 is 0 Å². The maximum absolute atomic E-state index is 10.2. The predicted molar refractivity (Wildman–Crippen MR) is 105 cm³/mol. The molecule has 3 aromatic rings. The van der Waals surface area contributed by atoms with Crippen molar-refractivity contribution in [3.63, 3.8) is 0 Å². The Balaban J connectivity index is 1.92. The van der Waals surface area contributed by atoms with Gasteiger partial charge in [-0.25, -0.2) is 9.67 Å². The van der Waals surface area contributed by atoms with Crippen LogP contribution in [0.25, 0.3) is 0 Å². The van der Waals surface area contributed by atoms with Crippen molar-refractivity contribution in [1.29, 1.82) is 5.26 Å². The van der Waals surface area contributed by atoms with E-state index in [-0.39, 0.29) is 0 Å². The van der Waals surface area contributed by atoms with Gasteiger partial charge in [-0.3, -0.25) is 0 Å². The van der Waals surface area contributed by atoms with E-state index in [2.05, 4.69) is 16.2 Å². The molecule has 1 unspecified atom stereocenters. The van der Waals surface area contributed by atoms with E-state index in [0.29, 0.717) is 13.0 Å². The number of rotatable bonds is 7. The Kier molecular flexibility index (Phi) is 5.97. The number of thioether (sulfide) groups is 1. The molecule has 1 heterocycles. The van der Waals surface area contributed by atoms with Crippen LogP contribution >= 0.6 is 23.4 Å². The number of benzene rings is 2. The van der Waals surface area contributed by atoms with E-state index in [1.807, 2.05) is 65.5 Å². The van der Waals surface area contributed by atoms with Crippen molar-refractivity contribution in [2.24, 2.45) is 0 Å². The van der Waals surface area contributed by atoms with E-state index in [1.165, 1.54) is 18.1 Å². The number of aryl methyl sites for hydroxylation is 1. The van der Waals surface area contributed by atoms with Gasteiger partial charge in [-0.1, -0.05) is 65.8 Å². The fourth-order valence-electron chi connectivity index (χ4n) is 3.01. The van der Waals surface area contributed by atoms with Gasteiger partial charge < -0.3 is 0 Å². The van der Waals surface area contributed by atoms with Crippen molar-refractivity contribution in [2.75, 3.05) is 6.26 Å². The summed E-state index contributed by atoms with van der Waals surface area (Å²) >= 11 is 7.51. The first-order chi connectivity index (χ1) is 12.7. The van der Waals surface area contributed by atoms with Gasteiger partial charge in [0.2, 0.25) is 0 Å². The van der Waals surface area contributed by atoms with Crippen LogP contribution in [0.5, 0.6) is 0 Å². The van der Waals surface area contributed by atoms with Crippen LogP contribution in [0.15, 0.2) is 66.1 Å². The minimum atomic E-state index is -0.681. The van der Waals surface area contributed by atoms with E-state index < -0.39 is 5.41 Å². The predicted octanol–water partition coefficient (Wildman–Crippen LogP) is 4.75. The van der Waals surface area contributed by atoms with Crippen molar-refractivity contribution >= 4 is 23.4 Å². The van der Waals surface area contributed by atoms with E-state index in [1.54, 1.807) is 0 Å². The first-order valence-corrected chi connectivity index (χ1v) is 9.90. The number of hydrogen-bond acceptors (Lipinski definition) is 4. The number of hydrogen-bond donors (Lipinski definition) is 0. The minimum absolute atomic E-state index is 0.470. The average Bonchev–Trinajstić information content (AvgIpc) is 3.14. The van der Waals surface area contributed by atoms with Gasteiger partial charge >= 0.3 is 0 Å². The van der Waals surface area contributed by atoms with Crippen molar-refractivity contribution in [1.82, 2.24) is 14.8 Å². The van der Waals surface area contributed by atoms with Crippen molar-refractivity contribution in [3.05, 3.63) is 77.1 Å². The summed E-state index contributed by atoms with van der Waals surface area (Å²) in [6, 6.07) is 20.3. The summed E-state index contributed by atoms with van der Waals surface area (Å²) in [5, 5.41) is 16.0. The molecule has 0 aliphatic rings. The number of nitrogens with zero attached hydrogens (tertiary/aromatic N) is 4. The molecule has 2 aromatic carbocycles. The summed E-state index contributed by atoms with van der Waals surface area (Å²) in [4.78, 5) is 4.27. The Labute approximate surface area is 162 Å². The second-order valence-electron chi connectivity index (χ2n) is 6.09. The number of nitriles is 1. The quantitative estimate of drug-likeness (QED) is 0.553. The van der Waals surface area contributed by atoms with E-state index in [9.17, 15) is 5.26 Å². The summed E-state index contributed by atoms with van der Waals surface area (Å²) in [5.74, 6) is 0. The summed E-state index contributed by atoms with van der Waals surface area (Å²) in [6.45, 7) is 0.470. The molecule has 1 aromatic heterocycles. The molecule has 4 nitrogen and oxygen atoms in total. The van der Waals surface area contributed by atoms with Crippen molar-refractivity contribution < 1.29 is 0 Å². The zero-order valence-electron chi connectivity index (χ0n) is 14.5. The molecular formula is C20H19ClN4S. The maximum atomic E-state index is 10.2.